The third-order valence-corrected chi connectivity index (χ3v) is 2.96. The molecule has 0 amide bonds. The van der Waals surface area contributed by atoms with Gasteiger partial charge in [0.15, 0.2) is 0 Å². The molecule has 2 aromatic rings. The molecule has 4 heteroatoms. The number of aromatic amines is 1. The molecule has 0 spiro atoms. The number of nitrogens with zero attached hydrogens (tertiary/aromatic N) is 1. The van der Waals surface area contributed by atoms with Crippen molar-refractivity contribution in [3.8, 4) is 5.75 Å². The number of nitrogens with one attached hydrogen (secondary N) is 1. The lowest BCUT2D eigenvalue weighted by Crippen LogP contribution is -1.93. The van der Waals surface area contributed by atoms with Crippen molar-refractivity contribution in [1.82, 2.24) is 9.97 Å². The highest BCUT2D eigenvalue weighted by Crippen LogP contribution is 2.18. The number of aromatic nitrogens is 2. The summed E-state index contributed by atoms with van der Waals surface area (Å²) in [6, 6.07) is 8.11. The van der Waals surface area contributed by atoms with Crippen LogP contribution in [0.25, 0.3) is 0 Å². The van der Waals surface area contributed by atoms with E-state index < -0.39 is 0 Å². The summed E-state index contributed by atoms with van der Waals surface area (Å²) in [5.74, 6) is 0.912. The molecular formula is C12H13BrN2O. The van der Waals surface area contributed by atoms with Gasteiger partial charge in [0.2, 0.25) is 0 Å². The number of hydrogen-bond donors (Lipinski definition) is 1. The second-order valence-electron chi connectivity index (χ2n) is 3.43. The first-order chi connectivity index (χ1) is 7.79. The van der Waals surface area contributed by atoms with Crippen molar-refractivity contribution in [2.24, 2.45) is 0 Å². The van der Waals surface area contributed by atoms with Gasteiger partial charge in [-0.1, -0.05) is 12.1 Å². The van der Waals surface area contributed by atoms with E-state index in [0.717, 1.165) is 22.5 Å². The Bertz CT molecular complexity index is 450. The second kappa shape index (κ2) is 5.16. The predicted octanol–water partition coefficient (Wildman–Crippen LogP) is 3.16. The number of hydrogen-bond acceptors (Lipinski definition) is 2. The monoisotopic (exact) mass is 280 g/mol. The molecule has 0 fully saturated rings. The minimum absolute atomic E-state index is 0.700. The van der Waals surface area contributed by atoms with Crippen LogP contribution in [0.5, 0.6) is 5.75 Å². The molecule has 0 saturated carbocycles. The van der Waals surface area contributed by atoms with Gasteiger partial charge >= 0.3 is 0 Å². The van der Waals surface area contributed by atoms with Crippen molar-refractivity contribution >= 4 is 15.9 Å². The van der Waals surface area contributed by atoms with E-state index in [1.165, 1.54) is 5.56 Å². The molecule has 1 N–H and O–H groups in total. The number of rotatable bonds is 4. The van der Waals surface area contributed by atoms with Crippen molar-refractivity contribution in [1.29, 1.82) is 0 Å². The minimum atomic E-state index is 0.700. The molecule has 1 heterocycles. The zero-order chi connectivity index (χ0) is 11.4. The molecule has 0 aliphatic heterocycles. The van der Waals surface area contributed by atoms with E-state index in [2.05, 4.69) is 38.0 Å². The molecule has 16 heavy (non-hydrogen) atoms. The lowest BCUT2D eigenvalue weighted by atomic mass is 10.1. The molecule has 84 valence electrons. The van der Waals surface area contributed by atoms with Crippen LogP contribution >= 0.6 is 15.9 Å². The molecule has 0 aliphatic carbocycles. The highest BCUT2D eigenvalue weighted by Gasteiger charge is 2.03. The molecule has 0 unspecified atom stereocenters. The Balaban J connectivity index is 2.08. The van der Waals surface area contributed by atoms with Crippen LogP contribution in [0, 0.1) is 0 Å². The molecule has 1 aromatic carbocycles. The van der Waals surface area contributed by atoms with Crippen LogP contribution in [0.3, 0.4) is 0 Å². The molecule has 3 nitrogen and oxygen atoms in total. The fourth-order valence-corrected chi connectivity index (χ4v) is 1.86. The summed E-state index contributed by atoms with van der Waals surface area (Å²) in [6.45, 7) is 2.68. The van der Waals surface area contributed by atoms with E-state index in [1.807, 2.05) is 19.1 Å². The van der Waals surface area contributed by atoms with E-state index in [0.29, 0.717) is 6.61 Å². The number of imidazole rings is 1. The maximum atomic E-state index is 5.39. The molecule has 0 radical (unpaired) electrons. The van der Waals surface area contributed by atoms with Crippen molar-refractivity contribution in [3.63, 3.8) is 0 Å². The standard InChI is InChI=1S/C12H13BrN2O/c1-2-16-10-5-3-9(4-6-10)7-11-12(13)15-8-14-11/h3-6,8H,2,7H2,1H3,(H,14,15). The molecule has 0 atom stereocenters. The van der Waals surface area contributed by atoms with Crippen molar-refractivity contribution < 1.29 is 4.74 Å². The fraction of sp³-hybridized carbons (Fsp3) is 0.250. The Hall–Kier alpha value is -1.29. The lowest BCUT2D eigenvalue weighted by Gasteiger charge is -2.04. The van der Waals surface area contributed by atoms with Gasteiger partial charge < -0.3 is 9.72 Å². The highest BCUT2D eigenvalue weighted by molar-refractivity contribution is 9.10. The zero-order valence-electron chi connectivity index (χ0n) is 9.03. The summed E-state index contributed by atoms with van der Waals surface area (Å²) in [6.07, 6.45) is 2.53. The fourth-order valence-electron chi connectivity index (χ4n) is 1.50. The quantitative estimate of drug-likeness (QED) is 0.934. The molecule has 1 aromatic heterocycles. The zero-order valence-corrected chi connectivity index (χ0v) is 10.6. The van der Waals surface area contributed by atoms with Crippen LogP contribution in [0.1, 0.15) is 18.2 Å². The minimum Gasteiger partial charge on any atom is -0.494 e. The average Bonchev–Trinajstić information content (AvgIpc) is 2.68. The van der Waals surface area contributed by atoms with Gasteiger partial charge in [0.25, 0.3) is 0 Å². The van der Waals surface area contributed by atoms with E-state index in [4.69, 9.17) is 4.74 Å². The SMILES string of the molecule is CCOc1ccc(Cc2[nH]cnc2Br)cc1. The first-order valence-corrected chi connectivity index (χ1v) is 5.98. The van der Waals surface area contributed by atoms with Crippen molar-refractivity contribution in [2.75, 3.05) is 6.61 Å². The first-order valence-electron chi connectivity index (χ1n) is 5.19. The van der Waals surface area contributed by atoms with E-state index in [-0.39, 0.29) is 0 Å². The summed E-state index contributed by atoms with van der Waals surface area (Å²) in [7, 11) is 0. The van der Waals surface area contributed by atoms with Crippen LogP contribution in [-0.2, 0) is 6.42 Å². The smallest absolute Gasteiger partial charge is 0.127 e. The largest absolute Gasteiger partial charge is 0.494 e. The van der Waals surface area contributed by atoms with Gasteiger partial charge in [0.05, 0.1) is 18.6 Å². The predicted molar refractivity (Wildman–Crippen MR) is 66.7 cm³/mol. The van der Waals surface area contributed by atoms with Gasteiger partial charge in [-0.05, 0) is 40.5 Å². The summed E-state index contributed by atoms with van der Waals surface area (Å²) < 4.78 is 6.27. The maximum absolute atomic E-state index is 5.39. The summed E-state index contributed by atoms with van der Waals surface area (Å²) in [5, 5.41) is 0. The van der Waals surface area contributed by atoms with Crippen molar-refractivity contribution in [2.45, 2.75) is 13.3 Å². The molecular weight excluding hydrogens is 268 g/mol. The Morgan fingerprint density at radius 2 is 2.06 bits per heavy atom. The maximum Gasteiger partial charge on any atom is 0.127 e. The summed E-state index contributed by atoms with van der Waals surface area (Å²) in [4.78, 5) is 7.20. The Labute approximate surface area is 103 Å². The molecule has 0 bridgehead atoms. The normalized spacial score (nSPS) is 10.4. The van der Waals surface area contributed by atoms with Gasteiger partial charge in [-0.25, -0.2) is 4.98 Å². The van der Waals surface area contributed by atoms with Crippen LogP contribution < -0.4 is 4.74 Å². The van der Waals surface area contributed by atoms with Gasteiger partial charge in [0.1, 0.15) is 10.4 Å². The van der Waals surface area contributed by atoms with Crippen LogP contribution in [-0.4, -0.2) is 16.6 Å². The summed E-state index contributed by atoms with van der Waals surface area (Å²) >= 11 is 3.40. The topological polar surface area (TPSA) is 37.9 Å². The Kier molecular flexibility index (Phi) is 3.62. The molecule has 2 rings (SSSR count). The number of H-pyrrole nitrogens is 1. The van der Waals surface area contributed by atoms with Crippen LogP contribution in [0.4, 0.5) is 0 Å². The molecule has 0 aliphatic rings. The van der Waals surface area contributed by atoms with Crippen molar-refractivity contribution in [3.05, 3.63) is 46.5 Å². The van der Waals surface area contributed by atoms with Gasteiger partial charge in [-0.2, -0.15) is 0 Å². The highest BCUT2D eigenvalue weighted by atomic mass is 79.9. The lowest BCUT2D eigenvalue weighted by molar-refractivity contribution is 0.340. The van der Waals surface area contributed by atoms with Crippen LogP contribution in [0.2, 0.25) is 0 Å². The third kappa shape index (κ3) is 2.64. The van der Waals surface area contributed by atoms with Crippen LogP contribution in [0.15, 0.2) is 35.2 Å². The average molecular weight is 281 g/mol. The molecule has 0 saturated heterocycles. The van der Waals surface area contributed by atoms with E-state index in [9.17, 15) is 0 Å². The number of halogens is 1. The Morgan fingerprint density at radius 1 is 1.31 bits per heavy atom. The van der Waals surface area contributed by atoms with Gasteiger partial charge in [0, 0.05) is 6.42 Å². The number of benzene rings is 1. The van der Waals surface area contributed by atoms with E-state index >= 15 is 0 Å². The Morgan fingerprint density at radius 3 is 2.62 bits per heavy atom. The third-order valence-electron chi connectivity index (χ3n) is 2.28. The number of ether oxygens (including phenoxy) is 1. The first kappa shape index (κ1) is 11.2. The van der Waals surface area contributed by atoms with Gasteiger partial charge in [-0.3, -0.25) is 0 Å². The summed E-state index contributed by atoms with van der Waals surface area (Å²) in [5.41, 5.74) is 2.32. The van der Waals surface area contributed by atoms with E-state index in [1.54, 1.807) is 6.33 Å². The second-order valence-corrected chi connectivity index (χ2v) is 4.18. The van der Waals surface area contributed by atoms with Gasteiger partial charge in [-0.15, -0.1) is 0 Å².